The first-order valence-electron chi connectivity index (χ1n) is 12.9. The predicted molar refractivity (Wildman–Crippen MR) is 145 cm³/mol. The Morgan fingerprint density at radius 3 is 2.15 bits per heavy atom. The maximum atomic E-state index is 13.4. The van der Waals surface area contributed by atoms with E-state index in [0.717, 1.165) is 60.2 Å². The van der Waals surface area contributed by atoms with Crippen molar-refractivity contribution in [2.24, 2.45) is 0 Å². The van der Waals surface area contributed by atoms with Gasteiger partial charge in [0.15, 0.2) is 0 Å². The molecule has 2 aliphatic carbocycles. The second-order valence-electron chi connectivity index (χ2n) is 10.9. The highest BCUT2D eigenvalue weighted by Gasteiger charge is 2.28. The molecule has 0 atom stereocenters. The number of anilines is 1. The zero-order valence-electron chi connectivity index (χ0n) is 22.3. The minimum Gasteiger partial charge on any atom is -0.489 e. The van der Waals surface area contributed by atoms with Crippen LogP contribution in [0.25, 0.3) is 0 Å². The van der Waals surface area contributed by atoms with Crippen LogP contribution in [0, 0.1) is 0 Å². The van der Waals surface area contributed by atoms with Gasteiger partial charge in [0.1, 0.15) is 12.4 Å². The first-order valence-corrected chi connectivity index (χ1v) is 14.4. The van der Waals surface area contributed by atoms with E-state index >= 15 is 0 Å². The number of urea groups is 1. The third-order valence-electron chi connectivity index (χ3n) is 7.05. The molecule has 2 aromatic carbocycles. The second kappa shape index (κ2) is 11.3. The fraction of sp³-hybridized carbons (Fsp3) is 0.429. The number of amides is 3. The van der Waals surface area contributed by atoms with Crippen LogP contribution in [0.4, 0.5) is 19.7 Å². The molecule has 11 heteroatoms. The van der Waals surface area contributed by atoms with Crippen molar-refractivity contribution in [3.8, 4) is 5.75 Å². The number of sulfonamides is 1. The predicted octanol–water partition coefficient (Wildman–Crippen LogP) is 5.19. The van der Waals surface area contributed by atoms with Crippen LogP contribution in [0.15, 0.2) is 47.1 Å². The number of nitrogens with one attached hydrogen (secondary N) is 2. The van der Waals surface area contributed by atoms with E-state index in [2.05, 4.69) is 16.1 Å². The van der Waals surface area contributed by atoms with E-state index in [1.807, 2.05) is 0 Å². The van der Waals surface area contributed by atoms with Crippen LogP contribution in [0.1, 0.15) is 55.9 Å². The number of aryl methyl sites for hydroxylation is 2. The zero-order valence-corrected chi connectivity index (χ0v) is 23.2. The normalized spacial score (nSPS) is 14.9. The molecule has 0 heterocycles. The number of carboxylic acid groups (broad SMARTS) is 1. The minimum atomic E-state index is -4.16. The van der Waals surface area contributed by atoms with Crippen LogP contribution < -0.4 is 14.8 Å². The molecule has 0 bridgehead atoms. The summed E-state index contributed by atoms with van der Waals surface area (Å²) in [6.07, 6.45) is 4.78. The van der Waals surface area contributed by atoms with Gasteiger partial charge in [0.2, 0.25) is 0 Å². The third kappa shape index (κ3) is 6.52. The molecule has 3 amide bonds. The molecule has 0 spiro atoms. The lowest BCUT2D eigenvalue weighted by Gasteiger charge is -2.33. The Labute approximate surface area is 228 Å². The second-order valence-corrected chi connectivity index (χ2v) is 12.5. The van der Waals surface area contributed by atoms with Gasteiger partial charge in [-0.3, -0.25) is 4.90 Å². The molecule has 9 nitrogen and oxygen atoms in total. The number of benzene rings is 2. The fourth-order valence-electron chi connectivity index (χ4n) is 5.08. The summed E-state index contributed by atoms with van der Waals surface area (Å²) in [6.45, 7) is 4.68. The van der Waals surface area contributed by atoms with Crippen molar-refractivity contribution < 1.29 is 32.2 Å². The molecule has 3 N–H and O–H groups in total. The number of carbonyl (C=O) groups excluding carboxylic acids is 1. The van der Waals surface area contributed by atoms with E-state index in [1.54, 1.807) is 20.8 Å². The molecular weight excluding hydrogens is 525 g/mol. The number of hydrogen-bond donors (Lipinski definition) is 3. The van der Waals surface area contributed by atoms with E-state index in [9.17, 15) is 27.5 Å². The van der Waals surface area contributed by atoms with Gasteiger partial charge in [-0.15, -0.1) is 0 Å². The van der Waals surface area contributed by atoms with Gasteiger partial charge in [-0.25, -0.2) is 27.1 Å². The van der Waals surface area contributed by atoms with Crippen molar-refractivity contribution in [2.45, 2.75) is 69.7 Å². The van der Waals surface area contributed by atoms with E-state index in [0.29, 0.717) is 6.33 Å². The van der Waals surface area contributed by atoms with Gasteiger partial charge in [0, 0.05) is 16.8 Å². The molecular formula is C28H34FN3O6S. The monoisotopic (exact) mass is 559 g/mol. The average Bonchev–Trinajstić information content (AvgIpc) is 3.52. The quantitative estimate of drug-likeness (QED) is 0.409. The van der Waals surface area contributed by atoms with Crippen LogP contribution >= 0.6 is 0 Å². The Hall–Kier alpha value is -3.60. The Morgan fingerprint density at radius 1 is 1.05 bits per heavy atom. The van der Waals surface area contributed by atoms with Crippen molar-refractivity contribution in [3.63, 3.8) is 0 Å². The molecule has 0 unspecified atom stereocenters. The average molecular weight is 560 g/mol. The first kappa shape index (κ1) is 28.4. The largest absolute Gasteiger partial charge is 0.489 e. The van der Waals surface area contributed by atoms with Crippen LogP contribution in [0.5, 0.6) is 5.75 Å². The lowest BCUT2D eigenvalue weighted by Crippen LogP contribution is -2.46. The van der Waals surface area contributed by atoms with Crippen molar-refractivity contribution in [2.75, 3.05) is 18.5 Å². The highest BCUT2D eigenvalue weighted by molar-refractivity contribution is 7.90. The van der Waals surface area contributed by atoms with E-state index < -0.39 is 27.7 Å². The molecule has 2 aliphatic rings. The Bertz CT molecular complexity index is 1370. The molecule has 2 aromatic rings. The van der Waals surface area contributed by atoms with Gasteiger partial charge in [-0.05, 0) is 106 Å². The van der Waals surface area contributed by atoms with Crippen molar-refractivity contribution >= 4 is 27.8 Å². The summed E-state index contributed by atoms with van der Waals surface area (Å²) in [5, 5.41) is 12.2. The van der Waals surface area contributed by atoms with Gasteiger partial charge in [0.05, 0.1) is 17.8 Å². The van der Waals surface area contributed by atoms with E-state index in [4.69, 9.17) is 4.74 Å². The van der Waals surface area contributed by atoms with Crippen LogP contribution in [-0.2, 0) is 35.7 Å². The molecule has 210 valence electrons. The number of hydrogen-bond acceptors (Lipinski definition) is 5. The number of halogens is 1. The Morgan fingerprint density at radius 2 is 1.64 bits per heavy atom. The minimum absolute atomic E-state index is 0.0984. The lowest BCUT2D eigenvalue weighted by atomic mass is 9.99. The third-order valence-corrected chi connectivity index (χ3v) is 8.40. The summed E-state index contributed by atoms with van der Waals surface area (Å²) in [5.41, 5.74) is 4.75. The van der Waals surface area contributed by atoms with Gasteiger partial charge in [-0.1, -0.05) is 6.07 Å². The maximum absolute atomic E-state index is 13.4. The van der Waals surface area contributed by atoms with Gasteiger partial charge in [-0.2, -0.15) is 0 Å². The standard InChI is InChI=1S/C28H34FN3O6S/c1-28(2,3)32(27(34)35)16-18(15-29)17-38-21-10-12-22(13-11-21)39(36,37)31-26(33)30-25-23-8-4-6-19(23)14-20-7-5-9-24(20)25/h10-15H,4-9,16-17H2,1-3H3,(H,34,35)(H2,30,31,33)/b18-15-. The molecule has 0 saturated heterocycles. The van der Waals surface area contributed by atoms with Crippen molar-refractivity contribution in [3.05, 3.63) is 64.5 Å². The topological polar surface area (TPSA) is 125 Å². The van der Waals surface area contributed by atoms with Gasteiger partial charge in [0.25, 0.3) is 10.0 Å². The van der Waals surface area contributed by atoms with Crippen LogP contribution in [0.3, 0.4) is 0 Å². The smallest absolute Gasteiger partial charge is 0.408 e. The molecule has 0 radical (unpaired) electrons. The first-order chi connectivity index (χ1) is 18.4. The fourth-order valence-corrected chi connectivity index (χ4v) is 5.99. The molecule has 0 saturated carbocycles. The summed E-state index contributed by atoms with van der Waals surface area (Å²) in [6, 6.07) is 6.74. The summed E-state index contributed by atoms with van der Waals surface area (Å²) < 4.78 is 46.8. The molecule has 4 rings (SSSR count). The summed E-state index contributed by atoms with van der Waals surface area (Å²) >= 11 is 0. The molecule has 0 fully saturated rings. The van der Waals surface area contributed by atoms with Crippen molar-refractivity contribution in [1.29, 1.82) is 0 Å². The molecule has 0 aromatic heterocycles. The zero-order chi connectivity index (χ0) is 28.4. The molecule has 0 aliphatic heterocycles. The number of nitrogens with zero attached hydrogens (tertiary/aromatic N) is 1. The number of rotatable bonds is 8. The summed E-state index contributed by atoms with van der Waals surface area (Å²) in [4.78, 5) is 25.2. The van der Waals surface area contributed by atoms with E-state index in [1.165, 1.54) is 35.4 Å². The number of ether oxygens (including phenoxy) is 1. The number of fused-ring (bicyclic) bond motifs is 2. The Kier molecular flexibility index (Phi) is 8.20. The summed E-state index contributed by atoms with van der Waals surface area (Å²) in [7, 11) is -4.16. The SMILES string of the molecule is CC(C)(C)N(C/C(=C/F)COc1ccc(S(=O)(=O)NC(=O)Nc2c3c(cc4c2CCC4)CCC3)cc1)C(=O)O. The van der Waals surface area contributed by atoms with Crippen molar-refractivity contribution in [1.82, 2.24) is 9.62 Å². The molecule has 39 heavy (non-hydrogen) atoms. The number of carbonyl (C=O) groups is 2. The van der Waals surface area contributed by atoms with Crippen LogP contribution in [0.2, 0.25) is 0 Å². The van der Waals surface area contributed by atoms with E-state index in [-0.39, 0.29) is 29.4 Å². The highest BCUT2D eigenvalue weighted by Crippen LogP contribution is 2.38. The van der Waals surface area contributed by atoms with Gasteiger partial charge < -0.3 is 15.2 Å². The Balaban J connectivity index is 1.38. The van der Waals surface area contributed by atoms with Crippen LogP contribution in [-0.4, -0.2) is 49.2 Å². The maximum Gasteiger partial charge on any atom is 0.408 e. The lowest BCUT2D eigenvalue weighted by molar-refractivity contribution is 0.105. The van der Waals surface area contributed by atoms with Gasteiger partial charge >= 0.3 is 12.1 Å². The summed E-state index contributed by atoms with van der Waals surface area (Å²) in [5.74, 6) is 0.255. The highest BCUT2D eigenvalue weighted by atomic mass is 32.2.